The molecule has 0 bridgehead atoms. The predicted molar refractivity (Wildman–Crippen MR) is 38.7 cm³/mol. The summed E-state index contributed by atoms with van der Waals surface area (Å²) in [5, 5.41) is 9.43. The molecule has 1 aliphatic rings. The Morgan fingerprint density at radius 3 is 2.83 bits per heavy atom. The molecule has 1 N–H and O–H groups in total. The maximum Gasteiger partial charge on any atom is 0.332 e. The highest BCUT2D eigenvalue weighted by Crippen LogP contribution is 2.09. The Labute approximate surface area is 69.9 Å². The zero-order chi connectivity index (χ0) is 8.97. The van der Waals surface area contributed by atoms with Crippen molar-refractivity contribution in [2.45, 2.75) is 19.3 Å². The van der Waals surface area contributed by atoms with Crippen molar-refractivity contribution in [3.05, 3.63) is 0 Å². The van der Waals surface area contributed by atoms with Gasteiger partial charge in [-0.2, -0.15) is 5.06 Å². The number of aliphatic hydroxyl groups excluding tert-OH is 1. The van der Waals surface area contributed by atoms with E-state index in [0.717, 1.165) is 5.06 Å². The Kier molecular flexibility index (Phi) is 3.04. The van der Waals surface area contributed by atoms with Crippen molar-refractivity contribution in [1.82, 2.24) is 5.06 Å². The Balaban J connectivity index is 2.13. The number of carbonyl (C=O) groups excluding carboxylic acids is 2. The van der Waals surface area contributed by atoms with Gasteiger partial charge in [0, 0.05) is 6.61 Å². The number of rotatable bonds is 4. The van der Waals surface area contributed by atoms with Gasteiger partial charge < -0.3 is 9.94 Å². The van der Waals surface area contributed by atoms with Gasteiger partial charge >= 0.3 is 5.97 Å². The number of amides is 1. The van der Waals surface area contributed by atoms with Crippen LogP contribution in [0, 0.1) is 0 Å². The van der Waals surface area contributed by atoms with Gasteiger partial charge in [-0.3, -0.25) is 4.79 Å². The van der Waals surface area contributed by atoms with E-state index in [1.54, 1.807) is 0 Å². The molecular weight excluding hydrogens is 162 g/mol. The summed E-state index contributed by atoms with van der Waals surface area (Å²) >= 11 is 0. The molecule has 0 aromatic rings. The van der Waals surface area contributed by atoms with Gasteiger partial charge in [-0.05, 0) is 6.42 Å². The van der Waals surface area contributed by atoms with Crippen LogP contribution in [0.25, 0.3) is 0 Å². The molecule has 1 amide bonds. The minimum Gasteiger partial charge on any atom is -0.396 e. The third kappa shape index (κ3) is 2.20. The van der Waals surface area contributed by atoms with Gasteiger partial charge in [0.05, 0.1) is 19.4 Å². The molecule has 0 aliphatic carbocycles. The second kappa shape index (κ2) is 4.06. The van der Waals surface area contributed by atoms with E-state index in [1.807, 2.05) is 0 Å². The van der Waals surface area contributed by atoms with E-state index >= 15 is 0 Å². The van der Waals surface area contributed by atoms with E-state index in [2.05, 4.69) is 4.84 Å². The molecular formula is C7H11NO4. The molecule has 12 heavy (non-hydrogen) atoms. The first kappa shape index (κ1) is 8.99. The molecule has 68 valence electrons. The van der Waals surface area contributed by atoms with E-state index < -0.39 is 5.97 Å². The highest BCUT2D eigenvalue weighted by Gasteiger charge is 2.27. The zero-order valence-electron chi connectivity index (χ0n) is 6.65. The molecule has 5 nitrogen and oxygen atoms in total. The Morgan fingerprint density at radius 2 is 2.42 bits per heavy atom. The maximum atomic E-state index is 10.8. The molecule has 0 radical (unpaired) electrons. The van der Waals surface area contributed by atoms with Crippen molar-refractivity contribution in [3.8, 4) is 0 Å². The van der Waals surface area contributed by atoms with Crippen molar-refractivity contribution in [1.29, 1.82) is 0 Å². The van der Waals surface area contributed by atoms with E-state index in [0.29, 0.717) is 19.4 Å². The van der Waals surface area contributed by atoms with Crippen molar-refractivity contribution in [2.24, 2.45) is 0 Å². The van der Waals surface area contributed by atoms with Crippen molar-refractivity contribution < 1.29 is 19.5 Å². The minimum atomic E-state index is -0.461. The molecule has 0 spiro atoms. The van der Waals surface area contributed by atoms with Crippen LogP contribution >= 0.6 is 0 Å². The Bertz CT molecular complexity index is 192. The van der Waals surface area contributed by atoms with Crippen molar-refractivity contribution in [2.75, 3.05) is 13.2 Å². The largest absolute Gasteiger partial charge is 0.396 e. The first-order chi connectivity index (χ1) is 5.74. The first-order valence-electron chi connectivity index (χ1n) is 3.86. The molecule has 1 heterocycles. The molecule has 1 rings (SSSR count). The fourth-order valence-corrected chi connectivity index (χ4v) is 0.783. The summed E-state index contributed by atoms with van der Waals surface area (Å²) in [7, 11) is 0. The summed E-state index contributed by atoms with van der Waals surface area (Å²) < 4.78 is 0. The van der Waals surface area contributed by atoms with E-state index in [-0.39, 0.29) is 18.9 Å². The first-order valence-corrected chi connectivity index (χ1v) is 3.86. The van der Waals surface area contributed by atoms with Crippen LogP contribution in [-0.2, 0) is 14.4 Å². The molecule has 5 heteroatoms. The number of aliphatic hydroxyl groups is 1. The molecule has 1 saturated heterocycles. The summed E-state index contributed by atoms with van der Waals surface area (Å²) in [6.45, 7) is 0.451. The quantitative estimate of drug-likeness (QED) is 0.579. The smallest absolute Gasteiger partial charge is 0.332 e. The SMILES string of the molecule is O=C(CCCO)ON1CCC1=O. The van der Waals surface area contributed by atoms with Crippen LogP contribution in [0.3, 0.4) is 0 Å². The van der Waals surface area contributed by atoms with Crippen LogP contribution in [0.4, 0.5) is 0 Å². The molecule has 0 aromatic carbocycles. The number of nitrogens with zero attached hydrogens (tertiary/aromatic N) is 1. The standard InChI is InChI=1S/C7H11NO4/c9-5-1-2-7(11)12-8-4-3-6(8)10/h9H,1-5H2. The lowest BCUT2D eigenvalue weighted by molar-refractivity contribution is -0.212. The van der Waals surface area contributed by atoms with Crippen molar-refractivity contribution in [3.63, 3.8) is 0 Å². The zero-order valence-corrected chi connectivity index (χ0v) is 6.65. The average molecular weight is 173 g/mol. The molecule has 0 atom stereocenters. The summed E-state index contributed by atoms with van der Waals surface area (Å²) in [6, 6.07) is 0. The molecule has 0 saturated carbocycles. The van der Waals surface area contributed by atoms with Gasteiger partial charge in [0.15, 0.2) is 0 Å². The fourth-order valence-electron chi connectivity index (χ4n) is 0.783. The van der Waals surface area contributed by atoms with Gasteiger partial charge in [-0.25, -0.2) is 4.79 Å². The topological polar surface area (TPSA) is 66.8 Å². The molecule has 1 aliphatic heterocycles. The third-order valence-electron chi connectivity index (χ3n) is 1.56. The lowest BCUT2D eigenvalue weighted by atomic mass is 10.3. The van der Waals surface area contributed by atoms with Gasteiger partial charge in [-0.1, -0.05) is 0 Å². The summed E-state index contributed by atoms with van der Waals surface area (Å²) in [5.41, 5.74) is 0. The summed E-state index contributed by atoms with van der Waals surface area (Å²) in [4.78, 5) is 26.1. The highest BCUT2D eigenvalue weighted by atomic mass is 16.7. The predicted octanol–water partition coefficient (Wildman–Crippen LogP) is -0.551. The van der Waals surface area contributed by atoms with Crippen LogP contribution in [0.5, 0.6) is 0 Å². The monoisotopic (exact) mass is 173 g/mol. The maximum absolute atomic E-state index is 10.8. The summed E-state index contributed by atoms with van der Waals surface area (Å²) in [6.07, 6.45) is 0.981. The molecule has 0 aromatic heterocycles. The number of carbonyl (C=O) groups is 2. The third-order valence-corrected chi connectivity index (χ3v) is 1.56. The molecule has 0 unspecified atom stereocenters. The number of hydrogen-bond donors (Lipinski definition) is 1. The van der Waals surface area contributed by atoms with Gasteiger partial charge in [-0.15, -0.1) is 0 Å². The fraction of sp³-hybridized carbons (Fsp3) is 0.714. The lowest BCUT2D eigenvalue weighted by Gasteiger charge is -2.27. The normalized spacial score (nSPS) is 15.8. The van der Waals surface area contributed by atoms with E-state index in [1.165, 1.54) is 0 Å². The Hall–Kier alpha value is -1.10. The van der Waals surface area contributed by atoms with Gasteiger partial charge in [0.1, 0.15) is 0 Å². The van der Waals surface area contributed by atoms with Gasteiger partial charge in [0.2, 0.25) is 0 Å². The van der Waals surface area contributed by atoms with E-state index in [4.69, 9.17) is 5.11 Å². The van der Waals surface area contributed by atoms with Crippen molar-refractivity contribution >= 4 is 11.9 Å². The van der Waals surface area contributed by atoms with Crippen LogP contribution in [0.2, 0.25) is 0 Å². The van der Waals surface area contributed by atoms with Gasteiger partial charge in [0.25, 0.3) is 5.91 Å². The van der Waals surface area contributed by atoms with Crippen LogP contribution in [-0.4, -0.2) is 35.2 Å². The molecule has 1 fully saturated rings. The number of hydrogen-bond acceptors (Lipinski definition) is 4. The van der Waals surface area contributed by atoms with Crippen LogP contribution in [0.1, 0.15) is 19.3 Å². The Morgan fingerprint density at radius 1 is 1.67 bits per heavy atom. The number of hydroxylamine groups is 2. The second-order valence-corrected chi connectivity index (χ2v) is 2.54. The van der Waals surface area contributed by atoms with E-state index in [9.17, 15) is 9.59 Å². The number of β-lactam (4-membered cyclic amide) rings is 1. The lowest BCUT2D eigenvalue weighted by Crippen LogP contribution is -2.44. The summed E-state index contributed by atoms with van der Waals surface area (Å²) in [5.74, 6) is -0.621. The minimum absolute atomic E-state index is 0.0386. The van der Waals surface area contributed by atoms with Crippen LogP contribution < -0.4 is 0 Å². The second-order valence-electron chi connectivity index (χ2n) is 2.54. The average Bonchev–Trinajstić information content (AvgIpc) is 2.08. The highest BCUT2D eigenvalue weighted by molar-refractivity contribution is 5.82. The van der Waals surface area contributed by atoms with Crippen LogP contribution in [0.15, 0.2) is 0 Å².